The lowest BCUT2D eigenvalue weighted by Gasteiger charge is -2.32. The van der Waals surface area contributed by atoms with E-state index in [4.69, 9.17) is 38.9 Å². The minimum Gasteiger partial charge on any atom is -0.409 e. The lowest BCUT2D eigenvalue weighted by atomic mass is 10.2. The molecule has 0 bridgehead atoms. The number of hydrogen-bond acceptors (Lipinski definition) is 4. The first kappa shape index (κ1) is 14.4. The van der Waals surface area contributed by atoms with Gasteiger partial charge in [-0.05, 0) is 11.6 Å². The number of benzene rings is 1. The van der Waals surface area contributed by atoms with Gasteiger partial charge < -0.3 is 15.7 Å². The lowest BCUT2D eigenvalue weighted by Crippen LogP contribution is -2.48. The number of hydrogen-bond donors (Lipinski definition) is 2. The van der Waals surface area contributed by atoms with Gasteiger partial charge in [0.15, 0.2) is 5.84 Å². The molecule has 7 heteroatoms. The number of amidine groups is 1. The molecule has 0 aliphatic carbocycles. The Kier molecular flexibility index (Phi) is 4.87. The number of rotatable bonds is 3. The van der Waals surface area contributed by atoms with E-state index in [1.165, 1.54) is 0 Å². The van der Waals surface area contributed by atoms with Crippen molar-refractivity contribution in [3.8, 4) is 0 Å². The first-order chi connectivity index (χ1) is 9.11. The highest BCUT2D eigenvalue weighted by molar-refractivity contribution is 6.42. The van der Waals surface area contributed by atoms with Gasteiger partial charge in [0.1, 0.15) is 6.10 Å². The molecule has 3 N–H and O–H groups in total. The molecule has 1 aliphatic heterocycles. The molecule has 1 heterocycles. The van der Waals surface area contributed by atoms with E-state index in [0.29, 0.717) is 29.7 Å². The maximum atomic E-state index is 8.67. The van der Waals surface area contributed by atoms with Crippen LogP contribution in [-0.2, 0) is 11.3 Å². The average molecular weight is 304 g/mol. The minimum atomic E-state index is -0.392. The number of ether oxygens (including phenoxy) is 1. The van der Waals surface area contributed by atoms with E-state index in [1.807, 2.05) is 12.1 Å². The van der Waals surface area contributed by atoms with Crippen LogP contribution >= 0.6 is 23.2 Å². The third-order valence-electron chi connectivity index (χ3n) is 3.02. The summed E-state index contributed by atoms with van der Waals surface area (Å²) < 4.78 is 5.44. The summed E-state index contributed by atoms with van der Waals surface area (Å²) in [4.78, 5) is 2.13. The van der Waals surface area contributed by atoms with Crippen LogP contribution in [0.1, 0.15) is 5.56 Å². The lowest BCUT2D eigenvalue weighted by molar-refractivity contribution is 0.00142. The van der Waals surface area contributed by atoms with E-state index in [9.17, 15) is 0 Å². The molecular formula is C12H15Cl2N3O2. The largest absolute Gasteiger partial charge is 0.409 e. The zero-order valence-electron chi connectivity index (χ0n) is 10.2. The summed E-state index contributed by atoms with van der Waals surface area (Å²) in [5.74, 6) is 0.0851. The summed E-state index contributed by atoms with van der Waals surface area (Å²) in [6, 6.07) is 5.55. The molecule has 19 heavy (non-hydrogen) atoms. The molecule has 0 saturated carbocycles. The van der Waals surface area contributed by atoms with Gasteiger partial charge in [0.2, 0.25) is 0 Å². The maximum absolute atomic E-state index is 8.67. The van der Waals surface area contributed by atoms with Gasteiger partial charge in [0.05, 0.1) is 16.7 Å². The van der Waals surface area contributed by atoms with E-state index in [-0.39, 0.29) is 5.84 Å². The first-order valence-electron chi connectivity index (χ1n) is 5.86. The fourth-order valence-electron chi connectivity index (χ4n) is 2.00. The molecule has 1 fully saturated rings. The fraction of sp³-hybridized carbons (Fsp3) is 0.417. The number of nitrogens with zero attached hydrogens (tertiary/aromatic N) is 2. The van der Waals surface area contributed by atoms with Crippen molar-refractivity contribution in [2.75, 3.05) is 19.7 Å². The minimum absolute atomic E-state index is 0.0851. The van der Waals surface area contributed by atoms with Crippen LogP contribution in [0.15, 0.2) is 23.4 Å². The third-order valence-corrected chi connectivity index (χ3v) is 3.88. The Labute approximate surface area is 121 Å². The molecule has 1 saturated heterocycles. The summed E-state index contributed by atoms with van der Waals surface area (Å²) in [7, 11) is 0. The van der Waals surface area contributed by atoms with Gasteiger partial charge in [0, 0.05) is 19.6 Å². The molecule has 0 amide bonds. The van der Waals surface area contributed by atoms with Crippen LogP contribution in [0, 0.1) is 0 Å². The van der Waals surface area contributed by atoms with Gasteiger partial charge >= 0.3 is 0 Å². The molecule has 1 atom stereocenters. The molecule has 5 nitrogen and oxygen atoms in total. The van der Waals surface area contributed by atoms with Crippen LogP contribution < -0.4 is 5.73 Å². The molecule has 0 spiro atoms. The van der Waals surface area contributed by atoms with Crippen LogP contribution in [0.4, 0.5) is 0 Å². The molecule has 104 valence electrons. The van der Waals surface area contributed by atoms with E-state index in [1.54, 1.807) is 6.07 Å². The standard InChI is InChI=1S/C12H15Cl2N3O2/c13-9-3-1-2-8(11(9)14)6-17-4-5-19-10(7-17)12(15)16-18/h1-3,10,18H,4-7H2,(H2,15,16). The van der Waals surface area contributed by atoms with Crippen LogP contribution in [0.5, 0.6) is 0 Å². The van der Waals surface area contributed by atoms with Crippen LogP contribution in [0.25, 0.3) is 0 Å². The fourth-order valence-corrected chi connectivity index (χ4v) is 2.38. The van der Waals surface area contributed by atoms with E-state index >= 15 is 0 Å². The SMILES string of the molecule is N/C(=N/O)C1CN(Cc2cccc(Cl)c2Cl)CCO1. The summed E-state index contributed by atoms with van der Waals surface area (Å²) >= 11 is 12.1. The monoisotopic (exact) mass is 303 g/mol. The van der Waals surface area contributed by atoms with Crippen molar-refractivity contribution in [2.24, 2.45) is 10.9 Å². The van der Waals surface area contributed by atoms with Crippen molar-refractivity contribution >= 4 is 29.0 Å². The third kappa shape index (κ3) is 3.51. The molecule has 1 aliphatic rings. The van der Waals surface area contributed by atoms with Crippen LogP contribution in [-0.4, -0.2) is 41.7 Å². The second kappa shape index (κ2) is 6.43. The van der Waals surface area contributed by atoms with Gasteiger partial charge in [0.25, 0.3) is 0 Å². The molecule has 1 unspecified atom stereocenters. The average Bonchev–Trinajstić information content (AvgIpc) is 2.43. The molecule has 0 radical (unpaired) electrons. The smallest absolute Gasteiger partial charge is 0.169 e. The van der Waals surface area contributed by atoms with Gasteiger partial charge in [-0.25, -0.2) is 0 Å². The number of halogens is 2. The van der Waals surface area contributed by atoms with Crippen molar-refractivity contribution in [1.82, 2.24) is 4.90 Å². The van der Waals surface area contributed by atoms with E-state index in [0.717, 1.165) is 12.1 Å². The summed E-state index contributed by atoms with van der Waals surface area (Å²) in [5, 5.41) is 12.8. The quantitative estimate of drug-likeness (QED) is 0.387. The zero-order valence-corrected chi connectivity index (χ0v) is 11.7. The molecule has 1 aromatic carbocycles. The van der Waals surface area contributed by atoms with Gasteiger partial charge in [-0.1, -0.05) is 40.5 Å². The highest BCUT2D eigenvalue weighted by atomic mass is 35.5. The van der Waals surface area contributed by atoms with Crippen molar-refractivity contribution in [3.63, 3.8) is 0 Å². The van der Waals surface area contributed by atoms with Crippen molar-refractivity contribution < 1.29 is 9.94 Å². The zero-order chi connectivity index (χ0) is 13.8. The second-order valence-electron chi connectivity index (χ2n) is 4.33. The van der Waals surface area contributed by atoms with Crippen molar-refractivity contribution in [3.05, 3.63) is 33.8 Å². The summed E-state index contributed by atoms with van der Waals surface area (Å²) in [6.07, 6.45) is -0.392. The summed E-state index contributed by atoms with van der Waals surface area (Å²) in [6.45, 7) is 2.49. The Hall–Kier alpha value is -1.01. The Morgan fingerprint density at radius 1 is 1.53 bits per heavy atom. The summed E-state index contributed by atoms with van der Waals surface area (Å²) in [5.41, 5.74) is 6.51. The van der Waals surface area contributed by atoms with Crippen molar-refractivity contribution in [2.45, 2.75) is 12.6 Å². The van der Waals surface area contributed by atoms with Gasteiger partial charge in [-0.15, -0.1) is 0 Å². The highest BCUT2D eigenvalue weighted by Crippen LogP contribution is 2.26. The van der Waals surface area contributed by atoms with Gasteiger partial charge in [-0.3, -0.25) is 4.90 Å². The Morgan fingerprint density at radius 2 is 2.32 bits per heavy atom. The second-order valence-corrected chi connectivity index (χ2v) is 5.12. The molecule has 2 rings (SSSR count). The number of morpholine rings is 1. The molecule has 0 aromatic heterocycles. The number of oxime groups is 1. The van der Waals surface area contributed by atoms with E-state index in [2.05, 4.69) is 10.1 Å². The van der Waals surface area contributed by atoms with Gasteiger partial charge in [-0.2, -0.15) is 0 Å². The topological polar surface area (TPSA) is 71.1 Å². The van der Waals surface area contributed by atoms with Crippen molar-refractivity contribution in [1.29, 1.82) is 0 Å². The first-order valence-corrected chi connectivity index (χ1v) is 6.61. The van der Waals surface area contributed by atoms with E-state index < -0.39 is 6.10 Å². The Bertz CT molecular complexity index is 482. The maximum Gasteiger partial charge on any atom is 0.169 e. The Balaban J connectivity index is 2.05. The normalized spacial score (nSPS) is 21.6. The molecular weight excluding hydrogens is 289 g/mol. The predicted octanol–water partition coefficient (Wildman–Crippen LogP) is 1.94. The van der Waals surface area contributed by atoms with Crippen LogP contribution in [0.3, 0.4) is 0 Å². The Morgan fingerprint density at radius 3 is 3.05 bits per heavy atom. The number of nitrogens with two attached hydrogens (primary N) is 1. The molecule has 1 aromatic rings. The van der Waals surface area contributed by atoms with Crippen LogP contribution in [0.2, 0.25) is 10.0 Å². The predicted molar refractivity (Wildman–Crippen MR) is 74.9 cm³/mol. The highest BCUT2D eigenvalue weighted by Gasteiger charge is 2.24.